The van der Waals surface area contributed by atoms with Crippen LogP contribution in [0.4, 0.5) is 15.2 Å². The van der Waals surface area contributed by atoms with Crippen LogP contribution in [0.3, 0.4) is 0 Å². The molecule has 0 unspecified atom stereocenters. The molecule has 0 spiro atoms. The van der Waals surface area contributed by atoms with Gasteiger partial charge in [0.25, 0.3) is 10.0 Å². The molecule has 3 aromatic rings. The lowest BCUT2D eigenvalue weighted by Gasteiger charge is -2.21. The molecule has 0 saturated heterocycles. The van der Waals surface area contributed by atoms with Crippen LogP contribution in [0, 0.1) is 5.82 Å². The third kappa shape index (κ3) is 3.84. The van der Waals surface area contributed by atoms with Crippen LogP contribution in [0.25, 0.3) is 0 Å². The van der Waals surface area contributed by atoms with E-state index in [2.05, 4.69) is 14.7 Å². The van der Waals surface area contributed by atoms with Crippen molar-refractivity contribution in [3.05, 3.63) is 62.0 Å². The zero-order chi connectivity index (χ0) is 23.4. The van der Waals surface area contributed by atoms with Gasteiger partial charge in [0.15, 0.2) is 5.13 Å². The molecule has 0 fully saturated rings. The lowest BCUT2D eigenvalue weighted by atomic mass is 9.87. The number of anilines is 2. The summed E-state index contributed by atoms with van der Waals surface area (Å²) in [5.74, 6) is -1.33. The fourth-order valence-electron chi connectivity index (χ4n) is 3.48. The lowest BCUT2D eigenvalue weighted by Crippen LogP contribution is -2.36. The monoisotopic (exact) mass is 534 g/mol. The molecule has 0 bridgehead atoms. The Labute approximate surface area is 202 Å². The highest BCUT2D eigenvalue weighted by Crippen LogP contribution is 2.47. The second-order valence-corrected chi connectivity index (χ2v) is 11.1. The molecular formula is C19H14Cl3FN4O3S2. The molecule has 3 heterocycles. The minimum absolute atomic E-state index is 0.0296. The largest absolute Gasteiger partial charge is 0.305 e. The van der Waals surface area contributed by atoms with E-state index in [0.717, 1.165) is 23.5 Å². The Morgan fingerprint density at radius 1 is 1.22 bits per heavy atom. The van der Waals surface area contributed by atoms with Crippen LogP contribution in [-0.2, 0) is 26.8 Å². The second-order valence-electron chi connectivity index (χ2n) is 7.46. The Hall–Kier alpha value is -1.98. The van der Waals surface area contributed by atoms with Gasteiger partial charge in [-0.3, -0.25) is 9.52 Å². The van der Waals surface area contributed by atoms with Gasteiger partial charge >= 0.3 is 0 Å². The molecule has 0 atom stereocenters. The molecule has 4 rings (SSSR count). The molecule has 13 heteroatoms. The Morgan fingerprint density at radius 2 is 1.94 bits per heavy atom. The highest BCUT2D eigenvalue weighted by atomic mass is 35.5. The quantitative estimate of drug-likeness (QED) is 0.450. The number of sulfonamides is 1. The number of thiazole rings is 1. The molecule has 168 valence electrons. The molecule has 0 aliphatic carbocycles. The maximum absolute atomic E-state index is 14.8. The van der Waals surface area contributed by atoms with E-state index in [0.29, 0.717) is 11.3 Å². The number of amides is 1. The van der Waals surface area contributed by atoms with E-state index in [1.54, 1.807) is 19.2 Å². The molecule has 1 aromatic carbocycles. The topological polar surface area (TPSA) is 92.3 Å². The smallest absolute Gasteiger partial charge is 0.266 e. The summed E-state index contributed by atoms with van der Waals surface area (Å²) in [6, 6.07) is 1.99. The maximum atomic E-state index is 14.8. The van der Waals surface area contributed by atoms with Crippen LogP contribution in [-0.4, -0.2) is 24.3 Å². The summed E-state index contributed by atoms with van der Waals surface area (Å²) in [6.45, 7) is 3.27. The van der Waals surface area contributed by atoms with Gasteiger partial charge in [0.05, 0.1) is 28.9 Å². The van der Waals surface area contributed by atoms with E-state index in [-0.39, 0.29) is 38.3 Å². The first-order valence-electron chi connectivity index (χ1n) is 9.00. The van der Waals surface area contributed by atoms with E-state index < -0.39 is 26.2 Å². The first-order valence-corrected chi connectivity index (χ1v) is 12.5. The Bertz CT molecular complexity index is 1350. The molecule has 1 aliphatic rings. The molecular weight excluding hydrogens is 522 g/mol. The van der Waals surface area contributed by atoms with Crippen molar-refractivity contribution in [3.63, 3.8) is 0 Å². The standard InChI is InChI=1S/C19H14Cl3FN4O3S2/c1-19(2)14-12(7-25-16(22)15(14)21)27(17(19)28)8-9-5-11(23)13(6-10(9)20)32(29,30)26-18-24-3-4-31-18/h3-7H,8H2,1-2H3,(H,24,26). The zero-order valence-corrected chi connectivity index (χ0v) is 20.4. The second kappa shape index (κ2) is 8.11. The van der Waals surface area contributed by atoms with Gasteiger partial charge in [0.2, 0.25) is 5.91 Å². The van der Waals surface area contributed by atoms with E-state index in [1.807, 2.05) is 0 Å². The van der Waals surface area contributed by atoms with Crippen LogP contribution < -0.4 is 9.62 Å². The van der Waals surface area contributed by atoms with Gasteiger partial charge < -0.3 is 4.90 Å². The third-order valence-corrected chi connectivity index (χ3v) is 8.30. The summed E-state index contributed by atoms with van der Waals surface area (Å²) >= 11 is 19.7. The van der Waals surface area contributed by atoms with Crippen molar-refractivity contribution in [3.8, 4) is 0 Å². The Balaban J connectivity index is 1.70. The van der Waals surface area contributed by atoms with Crippen molar-refractivity contribution in [2.24, 2.45) is 0 Å². The van der Waals surface area contributed by atoms with Gasteiger partial charge in [-0.05, 0) is 31.5 Å². The molecule has 7 nitrogen and oxygen atoms in total. The van der Waals surface area contributed by atoms with Gasteiger partial charge in [-0.25, -0.2) is 22.8 Å². The molecule has 1 N–H and O–H groups in total. The average molecular weight is 536 g/mol. The van der Waals surface area contributed by atoms with Crippen molar-refractivity contribution < 1.29 is 17.6 Å². The van der Waals surface area contributed by atoms with Crippen molar-refractivity contribution in [1.82, 2.24) is 9.97 Å². The van der Waals surface area contributed by atoms with Gasteiger partial charge in [-0.15, -0.1) is 11.3 Å². The predicted octanol–water partition coefficient (Wildman–Crippen LogP) is 5.26. The third-order valence-electron chi connectivity index (χ3n) is 5.03. The molecule has 32 heavy (non-hydrogen) atoms. The van der Waals surface area contributed by atoms with Crippen molar-refractivity contribution >= 4 is 72.9 Å². The fraction of sp³-hybridized carbons (Fsp3) is 0.211. The van der Waals surface area contributed by atoms with Crippen molar-refractivity contribution in [2.45, 2.75) is 30.7 Å². The van der Waals surface area contributed by atoms with E-state index in [9.17, 15) is 17.6 Å². The van der Waals surface area contributed by atoms with Gasteiger partial charge in [-0.1, -0.05) is 34.8 Å². The number of fused-ring (bicyclic) bond motifs is 1. The summed E-state index contributed by atoms with van der Waals surface area (Å²) in [7, 11) is -4.25. The van der Waals surface area contributed by atoms with Crippen LogP contribution in [0.2, 0.25) is 15.2 Å². The molecule has 1 aliphatic heterocycles. The molecule has 0 radical (unpaired) electrons. The normalized spacial score (nSPS) is 15.2. The minimum Gasteiger partial charge on any atom is -0.305 e. The van der Waals surface area contributed by atoms with E-state index in [4.69, 9.17) is 34.8 Å². The SMILES string of the molecule is CC1(C)C(=O)N(Cc2cc(F)c(S(=O)(=O)Nc3nccs3)cc2Cl)c2cnc(Cl)c(Cl)c21. The molecule has 1 amide bonds. The van der Waals surface area contributed by atoms with Gasteiger partial charge in [0.1, 0.15) is 15.9 Å². The number of benzene rings is 1. The number of pyridine rings is 1. The highest BCUT2D eigenvalue weighted by Gasteiger charge is 2.46. The maximum Gasteiger partial charge on any atom is 0.266 e. The zero-order valence-electron chi connectivity index (χ0n) is 16.5. The summed E-state index contributed by atoms with van der Waals surface area (Å²) in [4.78, 5) is 21.7. The summed E-state index contributed by atoms with van der Waals surface area (Å²) < 4.78 is 42.2. The van der Waals surface area contributed by atoms with Crippen LogP contribution in [0.1, 0.15) is 25.0 Å². The number of hydrogen-bond acceptors (Lipinski definition) is 6. The average Bonchev–Trinajstić information content (AvgIpc) is 3.27. The predicted molar refractivity (Wildman–Crippen MR) is 123 cm³/mol. The number of hydrogen-bond donors (Lipinski definition) is 1. The van der Waals surface area contributed by atoms with Crippen LogP contribution in [0.5, 0.6) is 0 Å². The fourth-order valence-corrected chi connectivity index (χ4v) is 6.16. The minimum atomic E-state index is -4.25. The van der Waals surface area contributed by atoms with E-state index >= 15 is 0 Å². The number of halogens is 4. The van der Waals surface area contributed by atoms with Gasteiger partial charge in [0, 0.05) is 22.2 Å². The Kier molecular flexibility index (Phi) is 5.87. The first-order chi connectivity index (χ1) is 14.9. The van der Waals surface area contributed by atoms with Crippen LogP contribution in [0.15, 0.2) is 34.8 Å². The molecule has 0 saturated carbocycles. The number of rotatable bonds is 5. The van der Waals surface area contributed by atoms with Crippen molar-refractivity contribution in [1.29, 1.82) is 0 Å². The highest BCUT2D eigenvalue weighted by molar-refractivity contribution is 7.93. The number of nitrogens with one attached hydrogen (secondary N) is 1. The molecule has 2 aromatic heterocycles. The van der Waals surface area contributed by atoms with Gasteiger partial charge in [-0.2, -0.15) is 0 Å². The number of carbonyl (C=O) groups is 1. The van der Waals surface area contributed by atoms with Crippen LogP contribution >= 0.6 is 46.1 Å². The Morgan fingerprint density at radius 3 is 2.59 bits per heavy atom. The lowest BCUT2D eigenvalue weighted by molar-refractivity contribution is -0.122. The van der Waals surface area contributed by atoms with E-state index in [1.165, 1.54) is 17.3 Å². The number of carbonyl (C=O) groups excluding carboxylic acids is 1. The summed E-state index contributed by atoms with van der Waals surface area (Å²) in [5.41, 5.74) is 0.145. The number of nitrogens with zero attached hydrogens (tertiary/aromatic N) is 3. The van der Waals surface area contributed by atoms with Crippen molar-refractivity contribution in [2.75, 3.05) is 9.62 Å². The number of aromatic nitrogens is 2. The summed E-state index contributed by atoms with van der Waals surface area (Å²) in [5, 5.41) is 1.87. The first kappa shape index (κ1) is 23.2. The summed E-state index contributed by atoms with van der Waals surface area (Å²) in [6.07, 6.45) is 2.83.